The summed E-state index contributed by atoms with van der Waals surface area (Å²) < 4.78 is 43.2. The number of hydrogen-bond donors (Lipinski definition) is 2. The third kappa shape index (κ3) is 5.57. The summed E-state index contributed by atoms with van der Waals surface area (Å²) in [5, 5.41) is 2.73. The van der Waals surface area contributed by atoms with Crippen LogP contribution in [0.3, 0.4) is 0 Å². The first-order valence-electron chi connectivity index (χ1n) is 12.0. The minimum absolute atomic E-state index is 0.348. The first-order chi connectivity index (χ1) is 18.4. The van der Waals surface area contributed by atoms with Crippen LogP contribution in [0, 0.1) is 5.82 Å². The molecule has 5 rings (SSSR count). The molecule has 0 aliphatic heterocycles. The molecule has 1 aromatic heterocycles. The van der Waals surface area contributed by atoms with Gasteiger partial charge in [0, 0.05) is 18.1 Å². The number of sulfonamides is 1. The average molecular weight is 529 g/mol. The number of hydrogen-bond acceptors (Lipinski definition) is 4. The number of urea groups is 1. The molecule has 9 heteroatoms. The van der Waals surface area contributed by atoms with Gasteiger partial charge in [0.05, 0.1) is 6.04 Å². The van der Waals surface area contributed by atoms with Crippen molar-refractivity contribution >= 4 is 21.6 Å². The van der Waals surface area contributed by atoms with E-state index in [1.807, 2.05) is 63.9 Å². The number of halogens is 1. The van der Waals surface area contributed by atoms with Crippen molar-refractivity contribution in [1.82, 2.24) is 19.6 Å². The molecule has 0 radical (unpaired) electrons. The summed E-state index contributed by atoms with van der Waals surface area (Å²) in [6, 6.07) is 20.6. The lowest BCUT2D eigenvalue weighted by atomic mass is 10.0. The van der Waals surface area contributed by atoms with Gasteiger partial charge in [-0.05, 0) is 53.8 Å². The number of imidazole rings is 1. The number of rotatable bonds is 8. The highest BCUT2D eigenvalue weighted by Gasteiger charge is 2.25. The van der Waals surface area contributed by atoms with Crippen LogP contribution in [0.5, 0.6) is 0 Å². The first kappa shape index (κ1) is 25.2. The molecular formula is C29H25FN4O3S. The summed E-state index contributed by atoms with van der Waals surface area (Å²) in [7, 11) is -4.43. The largest absolute Gasteiger partial charge is 0.329 e. The van der Waals surface area contributed by atoms with E-state index in [4.69, 9.17) is 0 Å². The lowest BCUT2D eigenvalue weighted by Crippen LogP contribution is -2.42. The van der Waals surface area contributed by atoms with E-state index in [2.05, 4.69) is 28.5 Å². The van der Waals surface area contributed by atoms with Crippen LogP contribution in [0.1, 0.15) is 29.4 Å². The highest BCUT2D eigenvalue weighted by atomic mass is 32.2. The monoisotopic (exact) mass is 528 g/mol. The second-order valence-electron chi connectivity index (χ2n) is 8.75. The molecule has 1 atom stereocenters. The Morgan fingerprint density at radius 2 is 1.74 bits per heavy atom. The number of carbonyl (C=O) groups is 1. The van der Waals surface area contributed by atoms with Crippen molar-refractivity contribution in [1.29, 1.82) is 0 Å². The van der Waals surface area contributed by atoms with Gasteiger partial charge in [0.15, 0.2) is 0 Å². The summed E-state index contributed by atoms with van der Waals surface area (Å²) >= 11 is 0. The van der Waals surface area contributed by atoms with Crippen molar-refractivity contribution in [3.05, 3.63) is 132 Å². The van der Waals surface area contributed by atoms with Crippen LogP contribution in [0.4, 0.5) is 9.18 Å². The van der Waals surface area contributed by atoms with Gasteiger partial charge in [-0.2, -0.15) is 0 Å². The highest BCUT2D eigenvalue weighted by Crippen LogP contribution is 2.25. The fourth-order valence-corrected chi connectivity index (χ4v) is 5.36. The Balaban J connectivity index is 1.42. The molecule has 2 amide bonds. The molecule has 1 aliphatic rings. The Kier molecular flexibility index (Phi) is 7.19. The molecule has 2 N–H and O–H groups in total. The zero-order valence-electron chi connectivity index (χ0n) is 20.3. The van der Waals surface area contributed by atoms with Gasteiger partial charge in [0.25, 0.3) is 10.0 Å². The molecule has 0 unspecified atom stereocenters. The van der Waals surface area contributed by atoms with Crippen molar-refractivity contribution in [3.8, 4) is 5.69 Å². The molecule has 38 heavy (non-hydrogen) atoms. The van der Waals surface area contributed by atoms with Gasteiger partial charge in [-0.25, -0.2) is 27.3 Å². The number of nitrogens with one attached hydrogen (secondary N) is 2. The molecule has 4 aromatic rings. The van der Waals surface area contributed by atoms with Crippen LogP contribution in [-0.2, 0) is 16.4 Å². The maximum Gasteiger partial charge on any atom is 0.329 e. The number of benzene rings is 3. The summed E-state index contributed by atoms with van der Waals surface area (Å²) in [5.74, 6) is -0.434. The summed E-state index contributed by atoms with van der Waals surface area (Å²) in [5.41, 5.74) is 4.02. The van der Waals surface area contributed by atoms with Crippen molar-refractivity contribution in [3.63, 3.8) is 0 Å². The zero-order chi connectivity index (χ0) is 26.5. The molecule has 0 bridgehead atoms. The van der Waals surface area contributed by atoms with Crippen molar-refractivity contribution < 1.29 is 17.6 Å². The van der Waals surface area contributed by atoms with Gasteiger partial charge in [-0.3, -0.25) is 0 Å². The number of carbonyl (C=O) groups excluding carboxylic acids is 1. The first-order valence-corrected chi connectivity index (χ1v) is 13.5. The van der Waals surface area contributed by atoms with Gasteiger partial charge in [0.1, 0.15) is 16.5 Å². The van der Waals surface area contributed by atoms with E-state index >= 15 is 0 Å². The topological polar surface area (TPSA) is 93.1 Å². The van der Waals surface area contributed by atoms with E-state index in [0.717, 1.165) is 35.4 Å². The summed E-state index contributed by atoms with van der Waals surface area (Å²) in [6.07, 6.45) is 11.0. The van der Waals surface area contributed by atoms with Crippen LogP contribution in [0.25, 0.3) is 11.3 Å². The molecule has 0 fully saturated rings. The molecule has 0 spiro atoms. The number of aromatic nitrogens is 2. The average Bonchev–Trinajstić information content (AvgIpc) is 3.62. The standard InChI is InChI=1S/C29H25FN4O3S/c30-25-12-6-7-13-27(25)38(36,37)33-29(35)32-26(20-21-8-2-1-3-9-21)28-31-18-19-34(28)24-16-14-23(15-17-24)22-10-4-5-11-22/h1-4,6-19,26H,5,20H2,(H2,32,33,35)/t26-/m0/s1. The van der Waals surface area contributed by atoms with Crippen LogP contribution >= 0.6 is 0 Å². The summed E-state index contributed by atoms with van der Waals surface area (Å²) in [4.78, 5) is 16.8. The van der Waals surface area contributed by atoms with E-state index in [9.17, 15) is 17.6 Å². The normalized spacial score (nSPS) is 13.7. The molecule has 192 valence electrons. The zero-order valence-corrected chi connectivity index (χ0v) is 21.1. The number of nitrogens with zero attached hydrogens (tertiary/aromatic N) is 2. The van der Waals surface area contributed by atoms with Crippen molar-refractivity contribution in [2.75, 3.05) is 0 Å². The lowest BCUT2D eigenvalue weighted by Gasteiger charge is -2.21. The smallest absolute Gasteiger partial charge is 0.327 e. The predicted molar refractivity (Wildman–Crippen MR) is 143 cm³/mol. The Bertz CT molecular complexity index is 1610. The minimum atomic E-state index is -4.43. The van der Waals surface area contributed by atoms with E-state index < -0.39 is 32.8 Å². The molecule has 0 saturated heterocycles. The third-order valence-corrected chi connectivity index (χ3v) is 7.54. The fourth-order valence-electron chi connectivity index (χ4n) is 4.36. The lowest BCUT2D eigenvalue weighted by molar-refractivity contribution is 0.241. The van der Waals surface area contributed by atoms with Gasteiger partial charge in [0.2, 0.25) is 0 Å². The number of amides is 2. The maximum absolute atomic E-state index is 14.1. The van der Waals surface area contributed by atoms with Crippen LogP contribution < -0.4 is 10.0 Å². The van der Waals surface area contributed by atoms with Gasteiger partial charge in [-0.1, -0.05) is 72.8 Å². The molecular weight excluding hydrogens is 503 g/mol. The van der Waals surface area contributed by atoms with Crippen LogP contribution in [0.15, 0.2) is 114 Å². The molecule has 0 saturated carbocycles. The van der Waals surface area contributed by atoms with Crippen molar-refractivity contribution in [2.45, 2.75) is 23.8 Å². The van der Waals surface area contributed by atoms with Crippen LogP contribution in [-0.4, -0.2) is 24.0 Å². The Labute approximate surface area is 220 Å². The van der Waals surface area contributed by atoms with E-state index in [-0.39, 0.29) is 0 Å². The third-order valence-electron chi connectivity index (χ3n) is 6.17. The molecule has 3 aromatic carbocycles. The fraction of sp³-hybridized carbons (Fsp3) is 0.103. The Morgan fingerprint density at radius 1 is 1.00 bits per heavy atom. The second-order valence-corrected chi connectivity index (χ2v) is 10.4. The second kappa shape index (κ2) is 10.9. The van der Waals surface area contributed by atoms with E-state index in [0.29, 0.717) is 12.2 Å². The van der Waals surface area contributed by atoms with Gasteiger partial charge >= 0.3 is 6.03 Å². The quantitative estimate of drug-likeness (QED) is 0.324. The van der Waals surface area contributed by atoms with Crippen molar-refractivity contribution in [2.24, 2.45) is 0 Å². The van der Waals surface area contributed by atoms with Gasteiger partial charge in [-0.15, -0.1) is 0 Å². The molecule has 7 nitrogen and oxygen atoms in total. The number of allylic oxidation sites excluding steroid dienone is 4. The Morgan fingerprint density at radius 3 is 2.45 bits per heavy atom. The van der Waals surface area contributed by atoms with Gasteiger partial charge < -0.3 is 9.88 Å². The van der Waals surface area contributed by atoms with E-state index in [1.165, 1.54) is 17.7 Å². The Hall–Kier alpha value is -4.50. The summed E-state index contributed by atoms with van der Waals surface area (Å²) in [6.45, 7) is 0. The highest BCUT2D eigenvalue weighted by molar-refractivity contribution is 7.90. The predicted octanol–water partition coefficient (Wildman–Crippen LogP) is 5.33. The van der Waals surface area contributed by atoms with E-state index in [1.54, 1.807) is 12.4 Å². The SMILES string of the molecule is O=C(N[C@@H](Cc1ccccc1)c1nccn1-c1ccc(C2=CCC=C2)cc1)NS(=O)(=O)c1ccccc1F. The molecule has 1 heterocycles. The van der Waals surface area contributed by atoms with Crippen LogP contribution in [0.2, 0.25) is 0 Å². The minimum Gasteiger partial charge on any atom is -0.327 e. The maximum atomic E-state index is 14.1. The molecule has 1 aliphatic carbocycles.